The zero-order chi connectivity index (χ0) is 34.5. The molecule has 4 saturated carbocycles. The van der Waals surface area contributed by atoms with Crippen molar-refractivity contribution in [1.82, 2.24) is 0 Å². The average molecular weight is 669 g/mol. The topological polar surface area (TPSA) is 80.9 Å². The fourth-order valence-electron chi connectivity index (χ4n) is 13.6. The molecule has 4 nitrogen and oxygen atoms in total. The Balaban J connectivity index is 0.000000307. The summed E-state index contributed by atoms with van der Waals surface area (Å²) in [4.78, 5) is 0. The Morgan fingerprint density at radius 1 is 0.222 bits per heavy atom. The van der Waals surface area contributed by atoms with Crippen LogP contribution >= 0.6 is 0 Å². The Labute approximate surface area is 294 Å². The molecule has 0 aromatic heterocycles. The first-order valence-corrected chi connectivity index (χ1v) is 17.9. The van der Waals surface area contributed by atoms with Crippen LogP contribution in [0.4, 0.5) is 0 Å². The summed E-state index contributed by atoms with van der Waals surface area (Å²) in [5, 5.41) is 46.6. The minimum atomic E-state index is -0.979. The van der Waals surface area contributed by atoms with E-state index in [1.54, 1.807) is 0 Å². The van der Waals surface area contributed by atoms with Crippen molar-refractivity contribution in [1.29, 1.82) is 0 Å². The van der Waals surface area contributed by atoms with E-state index in [0.717, 1.165) is 25.7 Å². The molecule has 264 valence electrons. The molecular formula is C40H76O4Ti. The van der Waals surface area contributed by atoms with Gasteiger partial charge in [-0.1, -0.05) is 111 Å². The van der Waals surface area contributed by atoms with Crippen LogP contribution in [0.1, 0.15) is 188 Å². The minimum Gasteiger partial charge on any atom is -0.387 e. The van der Waals surface area contributed by atoms with Gasteiger partial charge in [0.1, 0.15) is 0 Å². The molecule has 4 aliphatic carbocycles. The fraction of sp³-hybridized carbons (Fsp3) is 1.00. The minimum absolute atomic E-state index is 0. The van der Waals surface area contributed by atoms with Crippen LogP contribution in [0.5, 0.6) is 0 Å². The molecule has 0 aliphatic heterocycles. The molecule has 0 bridgehead atoms. The quantitative estimate of drug-likeness (QED) is 0.221. The van der Waals surface area contributed by atoms with E-state index in [4.69, 9.17) is 0 Å². The van der Waals surface area contributed by atoms with Gasteiger partial charge in [-0.25, -0.2) is 0 Å². The van der Waals surface area contributed by atoms with Crippen molar-refractivity contribution in [2.75, 3.05) is 0 Å². The summed E-state index contributed by atoms with van der Waals surface area (Å²) < 4.78 is 0. The maximum atomic E-state index is 11.6. The fourth-order valence-corrected chi connectivity index (χ4v) is 13.6. The van der Waals surface area contributed by atoms with Gasteiger partial charge in [-0.15, -0.1) is 0 Å². The van der Waals surface area contributed by atoms with Gasteiger partial charge >= 0.3 is 0 Å². The Morgan fingerprint density at radius 3 is 0.400 bits per heavy atom. The van der Waals surface area contributed by atoms with Crippen molar-refractivity contribution >= 4 is 0 Å². The molecule has 0 aromatic carbocycles. The van der Waals surface area contributed by atoms with Gasteiger partial charge in [-0.2, -0.15) is 0 Å². The van der Waals surface area contributed by atoms with Gasteiger partial charge in [0.15, 0.2) is 0 Å². The molecular weight excluding hydrogens is 592 g/mol. The normalized spacial score (nSPS) is 33.3. The van der Waals surface area contributed by atoms with Crippen LogP contribution in [-0.2, 0) is 21.7 Å². The summed E-state index contributed by atoms with van der Waals surface area (Å²) in [6, 6.07) is 0. The van der Waals surface area contributed by atoms with Gasteiger partial charge in [0, 0.05) is 21.7 Å². The first kappa shape index (κ1) is 41.7. The zero-order valence-electron chi connectivity index (χ0n) is 32.8. The Morgan fingerprint density at radius 2 is 0.311 bits per heavy atom. The van der Waals surface area contributed by atoms with E-state index in [1.165, 1.54) is 0 Å². The van der Waals surface area contributed by atoms with E-state index >= 15 is 0 Å². The van der Waals surface area contributed by atoms with E-state index in [2.05, 4.69) is 111 Å². The van der Waals surface area contributed by atoms with Crippen molar-refractivity contribution < 1.29 is 42.1 Å². The molecule has 0 aromatic rings. The number of hydrogen-bond donors (Lipinski definition) is 4. The monoisotopic (exact) mass is 669 g/mol. The molecule has 4 rings (SSSR count). The van der Waals surface area contributed by atoms with Crippen molar-refractivity contribution in [3.05, 3.63) is 0 Å². The molecule has 4 N–H and O–H groups in total. The molecule has 0 heterocycles. The Hall–Kier alpha value is 0.554. The number of hydrogen-bond acceptors (Lipinski definition) is 4. The molecule has 4 fully saturated rings. The van der Waals surface area contributed by atoms with Crippen molar-refractivity contribution in [3.8, 4) is 0 Å². The Kier molecular flexibility index (Phi) is 11.0. The van der Waals surface area contributed by atoms with Crippen LogP contribution < -0.4 is 0 Å². The van der Waals surface area contributed by atoms with Crippen molar-refractivity contribution in [2.24, 2.45) is 43.3 Å². The second-order valence-corrected chi connectivity index (χ2v) is 23.6. The summed E-state index contributed by atoms with van der Waals surface area (Å²) in [5.74, 6) is 0. The number of aliphatic hydroxyl groups is 4. The van der Waals surface area contributed by atoms with E-state index in [0.29, 0.717) is 51.4 Å². The van der Waals surface area contributed by atoms with Crippen LogP contribution in [-0.4, -0.2) is 42.8 Å². The van der Waals surface area contributed by atoms with Gasteiger partial charge in [0.2, 0.25) is 0 Å². The summed E-state index contributed by atoms with van der Waals surface area (Å²) in [5.41, 5.74) is -3.38. The largest absolute Gasteiger partial charge is 0.387 e. The second kappa shape index (κ2) is 11.8. The maximum absolute atomic E-state index is 11.6. The SMILES string of the molecule is CC1(C)CC(C)(C)CC(O)(C2(O)CC(C)(C)CC(C)(C)C2)C1.CC1(C)CC(C)(C)CC(O)(C2(O)CC(C)(C)CC(C)(C)C2)C1.[Ti]. The van der Waals surface area contributed by atoms with Crippen LogP contribution in [0, 0.1) is 43.3 Å². The first-order valence-electron chi connectivity index (χ1n) is 17.9. The summed E-state index contributed by atoms with van der Waals surface area (Å²) in [6.45, 7) is 35.8. The van der Waals surface area contributed by atoms with Gasteiger partial charge in [-0.3, -0.25) is 0 Å². The zero-order valence-corrected chi connectivity index (χ0v) is 34.3. The van der Waals surface area contributed by atoms with Crippen LogP contribution in [0.3, 0.4) is 0 Å². The van der Waals surface area contributed by atoms with E-state index in [9.17, 15) is 20.4 Å². The molecule has 0 unspecified atom stereocenters. The Bertz CT molecular complexity index is 828. The summed E-state index contributed by atoms with van der Waals surface area (Å²) in [7, 11) is 0. The first-order chi connectivity index (χ1) is 19.0. The molecule has 0 spiro atoms. The predicted octanol–water partition coefficient (Wildman–Crippen LogP) is 9.84. The van der Waals surface area contributed by atoms with Gasteiger partial charge in [0.25, 0.3) is 0 Å². The third-order valence-corrected chi connectivity index (χ3v) is 11.7. The van der Waals surface area contributed by atoms with E-state index in [1.807, 2.05) is 0 Å². The molecule has 5 heteroatoms. The molecule has 0 amide bonds. The van der Waals surface area contributed by atoms with Crippen LogP contribution in [0.15, 0.2) is 0 Å². The van der Waals surface area contributed by atoms with E-state index < -0.39 is 22.4 Å². The summed E-state index contributed by atoms with van der Waals surface area (Å²) in [6.07, 6.45) is 10.0. The molecule has 0 saturated heterocycles. The van der Waals surface area contributed by atoms with Gasteiger partial charge < -0.3 is 20.4 Å². The maximum Gasteiger partial charge on any atom is 0.0943 e. The summed E-state index contributed by atoms with van der Waals surface area (Å²) >= 11 is 0. The second-order valence-electron chi connectivity index (χ2n) is 23.6. The van der Waals surface area contributed by atoms with Gasteiger partial charge in [0.05, 0.1) is 22.4 Å². The average Bonchev–Trinajstić information content (AvgIpc) is 2.55. The van der Waals surface area contributed by atoms with Crippen molar-refractivity contribution in [2.45, 2.75) is 210 Å². The van der Waals surface area contributed by atoms with Gasteiger partial charge in [-0.05, 0) is 120 Å². The third kappa shape index (κ3) is 9.84. The van der Waals surface area contributed by atoms with Crippen molar-refractivity contribution in [3.63, 3.8) is 0 Å². The molecule has 0 atom stereocenters. The van der Waals surface area contributed by atoms with Crippen LogP contribution in [0.25, 0.3) is 0 Å². The third-order valence-electron chi connectivity index (χ3n) is 11.7. The standard InChI is InChI=1S/2C20H38O2.Ti/c2*1-15(2)9-16(3,4)12-19(21,11-15)20(22)13-17(5,6)10-18(7,8)14-20;/h2*21-22H,9-14H2,1-8H3;. The predicted molar refractivity (Wildman–Crippen MR) is 185 cm³/mol. The molecule has 0 radical (unpaired) electrons. The molecule has 4 aliphatic rings. The van der Waals surface area contributed by atoms with E-state index in [-0.39, 0.29) is 65.0 Å². The molecule has 45 heavy (non-hydrogen) atoms. The van der Waals surface area contributed by atoms with Crippen LogP contribution in [0.2, 0.25) is 0 Å². The smallest absolute Gasteiger partial charge is 0.0943 e. The number of rotatable bonds is 2.